The fourth-order valence-corrected chi connectivity index (χ4v) is 2.80. The lowest BCUT2D eigenvalue weighted by Gasteiger charge is -2.14. The van der Waals surface area contributed by atoms with Gasteiger partial charge in [0.05, 0.1) is 0 Å². The normalized spacial score (nSPS) is 21.6. The minimum Gasteiger partial charge on any atom is -0.329 e. The average molecular weight is 280 g/mol. The zero-order valence-electron chi connectivity index (χ0n) is 12.1. The van der Waals surface area contributed by atoms with Gasteiger partial charge in [-0.2, -0.15) is 0 Å². The first-order chi connectivity index (χ1) is 10.3. The van der Waals surface area contributed by atoms with Crippen LogP contribution in [0.1, 0.15) is 36.4 Å². The molecular weight excluding hydrogens is 260 g/mol. The van der Waals surface area contributed by atoms with E-state index in [9.17, 15) is 4.79 Å². The van der Waals surface area contributed by atoms with Gasteiger partial charge < -0.3 is 10.6 Å². The fraction of sp³-hybridized carbons (Fsp3) is 0.278. The lowest BCUT2D eigenvalue weighted by atomic mass is 10.1. The molecule has 3 rings (SSSR count). The molecule has 3 heteroatoms. The maximum atomic E-state index is 10.4. The molecule has 0 aromatic heterocycles. The average Bonchev–Trinajstić information content (AvgIpc) is 3.28. The van der Waals surface area contributed by atoms with Crippen molar-refractivity contribution in [2.45, 2.75) is 31.3 Å². The van der Waals surface area contributed by atoms with E-state index in [0.29, 0.717) is 24.4 Å². The summed E-state index contributed by atoms with van der Waals surface area (Å²) in [4.78, 5) is 10.4. The van der Waals surface area contributed by atoms with Crippen LogP contribution < -0.4 is 10.6 Å². The number of carbonyl (C=O) groups is 1. The van der Waals surface area contributed by atoms with Gasteiger partial charge in [-0.15, -0.1) is 0 Å². The van der Waals surface area contributed by atoms with Crippen LogP contribution in [0.15, 0.2) is 54.6 Å². The van der Waals surface area contributed by atoms with Gasteiger partial charge in [0.15, 0.2) is 0 Å². The number of hydrogen-bond donors (Lipinski definition) is 2. The summed E-state index contributed by atoms with van der Waals surface area (Å²) >= 11 is 0. The van der Waals surface area contributed by atoms with Gasteiger partial charge >= 0.3 is 0 Å². The minimum atomic E-state index is 0.372. The van der Waals surface area contributed by atoms with E-state index in [1.165, 1.54) is 17.5 Å². The van der Waals surface area contributed by atoms with Gasteiger partial charge in [-0.05, 0) is 36.6 Å². The summed E-state index contributed by atoms with van der Waals surface area (Å²) in [5, 5.41) is 6.35. The SMILES string of the molecule is CC(NC1CC1c1ccc(NC=O)cc1)c1ccccc1. The molecule has 1 aliphatic carbocycles. The second-order valence-corrected chi connectivity index (χ2v) is 5.63. The largest absolute Gasteiger partial charge is 0.329 e. The second-order valence-electron chi connectivity index (χ2n) is 5.63. The molecule has 0 bridgehead atoms. The van der Waals surface area contributed by atoms with Gasteiger partial charge in [0.2, 0.25) is 6.41 Å². The lowest BCUT2D eigenvalue weighted by molar-refractivity contribution is -0.105. The second kappa shape index (κ2) is 6.10. The van der Waals surface area contributed by atoms with Gasteiger partial charge in [-0.25, -0.2) is 0 Å². The number of amides is 1. The van der Waals surface area contributed by atoms with Gasteiger partial charge in [0, 0.05) is 23.7 Å². The summed E-state index contributed by atoms with van der Waals surface area (Å²) in [5.41, 5.74) is 3.51. The number of anilines is 1. The fourth-order valence-electron chi connectivity index (χ4n) is 2.80. The van der Waals surface area contributed by atoms with Crippen molar-refractivity contribution in [3.05, 3.63) is 65.7 Å². The van der Waals surface area contributed by atoms with Crippen molar-refractivity contribution in [2.24, 2.45) is 0 Å². The van der Waals surface area contributed by atoms with Crippen LogP contribution in [-0.2, 0) is 4.79 Å². The molecule has 3 unspecified atom stereocenters. The molecule has 21 heavy (non-hydrogen) atoms. The highest BCUT2D eigenvalue weighted by molar-refractivity contribution is 5.71. The first-order valence-corrected chi connectivity index (χ1v) is 7.39. The number of carbonyl (C=O) groups excluding carboxylic acids is 1. The Labute approximate surface area is 125 Å². The quantitative estimate of drug-likeness (QED) is 0.796. The van der Waals surface area contributed by atoms with E-state index in [1.807, 2.05) is 18.2 Å². The van der Waals surface area contributed by atoms with Crippen LogP contribution in [0.5, 0.6) is 0 Å². The van der Waals surface area contributed by atoms with E-state index in [2.05, 4.69) is 54.0 Å². The van der Waals surface area contributed by atoms with E-state index in [0.717, 1.165) is 5.69 Å². The maximum absolute atomic E-state index is 10.4. The van der Waals surface area contributed by atoms with E-state index in [1.54, 1.807) is 0 Å². The van der Waals surface area contributed by atoms with E-state index < -0.39 is 0 Å². The lowest BCUT2D eigenvalue weighted by Crippen LogP contribution is -2.22. The molecule has 0 radical (unpaired) electrons. The number of hydrogen-bond acceptors (Lipinski definition) is 2. The molecule has 108 valence electrons. The van der Waals surface area contributed by atoms with Gasteiger partial charge in [0.1, 0.15) is 0 Å². The van der Waals surface area contributed by atoms with Crippen molar-refractivity contribution in [1.82, 2.24) is 5.32 Å². The molecule has 2 N–H and O–H groups in total. The molecule has 0 aliphatic heterocycles. The molecule has 1 amide bonds. The molecular formula is C18H20N2O. The smallest absolute Gasteiger partial charge is 0.211 e. The van der Waals surface area contributed by atoms with Crippen molar-refractivity contribution in [3.8, 4) is 0 Å². The monoisotopic (exact) mass is 280 g/mol. The Bertz CT molecular complexity index is 594. The maximum Gasteiger partial charge on any atom is 0.211 e. The summed E-state index contributed by atoms with van der Waals surface area (Å²) in [7, 11) is 0. The van der Waals surface area contributed by atoms with Gasteiger partial charge in [-0.1, -0.05) is 42.5 Å². The summed E-state index contributed by atoms with van der Waals surface area (Å²) in [5.74, 6) is 0.585. The highest BCUT2D eigenvalue weighted by Crippen LogP contribution is 2.42. The standard InChI is InChI=1S/C18H20N2O/c1-13(14-5-3-2-4-6-14)20-18-11-17(18)15-7-9-16(10-8-15)19-12-21/h2-10,12-13,17-18,20H,11H2,1H3,(H,19,21). The number of rotatable bonds is 6. The Morgan fingerprint density at radius 2 is 1.81 bits per heavy atom. The highest BCUT2D eigenvalue weighted by Gasteiger charge is 2.38. The van der Waals surface area contributed by atoms with Crippen molar-refractivity contribution < 1.29 is 4.79 Å². The third-order valence-corrected chi connectivity index (χ3v) is 4.12. The highest BCUT2D eigenvalue weighted by atomic mass is 16.1. The van der Waals surface area contributed by atoms with Crippen LogP contribution in [0.3, 0.4) is 0 Å². The first-order valence-electron chi connectivity index (χ1n) is 7.39. The Kier molecular flexibility index (Phi) is 4.02. The first kappa shape index (κ1) is 13.8. The Balaban J connectivity index is 1.57. The predicted octanol–water partition coefficient (Wildman–Crippen LogP) is 3.46. The molecule has 1 fully saturated rings. The molecule has 0 heterocycles. The minimum absolute atomic E-state index is 0.372. The van der Waals surface area contributed by atoms with Crippen molar-refractivity contribution in [1.29, 1.82) is 0 Å². The number of benzene rings is 2. The summed E-state index contributed by atoms with van der Waals surface area (Å²) in [6, 6.07) is 19.6. The Hall–Kier alpha value is -2.13. The molecule has 0 spiro atoms. The zero-order valence-corrected chi connectivity index (χ0v) is 12.1. The molecule has 1 saturated carbocycles. The summed E-state index contributed by atoms with van der Waals surface area (Å²) < 4.78 is 0. The van der Waals surface area contributed by atoms with Crippen molar-refractivity contribution in [2.75, 3.05) is 5.32 Å². The molecule has 2 aromatic carbocycles. The van der Waals surface area contributed by atoms with Crippen LogP contribution in [0.2, 0.25) is 0 Å². The predicted molar refractivity (Wildman–Crippen MR) is 85.3 cm³/mol. The van der Waals surface area contributed by atoms with E-state index in [-0.39, 0.29) is 0 Å². The molecule has 2 aromatic rings. The van der Waals surface area contributed by atoms with Crippen molar-refractivity contribution in [3.63, 3.8) is 0 Å². The van der Waals surface area contributed by atoms with Gasteiger partial charge in [0.25, 0.3) is 0 Å². The van der Waals surface area contributed by atoms with Crippen LogP contribution in [-0.4, -0.2) is 12.5 Å². The van der Waals surface area contributed by atoms with E-state index >= 15 is 0 Å². The van der Waals surface area contributed by atoms with Crippen LogP contribution in [0, 0.1) is 0 Å². The Morgan fingerprint density at radius 1 is 1.10 bits per heavy atom. The molecule has 1 aliphatic rings. The van der Waals surface area contributed by atoms with Crippen molar-refractivity contribution >= 4 is 12.1 Å². The molecule has 3 atom stereocenters. The Morgan fingerprint density at radius 3 is 2.48 bits per heavy atom. The third kappa shape index (κ3) is 3.31. The topological polar surface area (TPSA) is 41.1 Å². The summed E-state index contributed by atoms with van der Waals surface area (Å²) in [6.45, 7) is 2.21. The molecule has 3 nitrogen and oxygen atoms in total. The third-order valence-electron chi connectivity index (χ3n) is 4.12. The zero-order chi connectivity index (χ0) is 14.7. The van der Waals surface area contributed by atoms with Crippen LogP contribution >= 0.6 is 0 Å². The van der Waals surface area contributed by atoms with Gasteiger partial charge in [-0.3, -0.25) is 4.79 Å². The van der Waals surface area contributed by atoms with Crippen LogP contribution in [0.4, 0.5) is 5.69 Å². The van der Waals surface area contributed by atoms with E-state index in [4.69, 9.17) is 0 Å². The summed E-state index contributed by atoms with van der Waals surface area (Å²) in [6.07, 6.45) is 1.88. The number of nitrogens with one attached hydrogen (secondary N) is 2. The molecule has 0 saturated heterocycles. The van der Waals surface area contributed by atoms with Crippen LogP contribution in [0.25, 0.3) is 0 Å².